The van der Waals surface area contributed by atoms with Crippen LogP contribution in [0.25, 0.3) is 0 Å². The molecule has 112 valence electrons. The summed E-state index contributed by atoms with van der Waals surface area (Å²) in [6.45, 7) is 0.340. The Kier molecular flexibility index (Phi) is 5.17. The predicted molar refractivity (Wildman–Crippen MR) is 81.5 cm³/mol. The highest BCUT2D eigenvalue weighted by atomic mass is 35.5. The molecule has 0 heterocycles. The van der Waals surface area contributed by atoms with Gasteiger partial charge in [0.05, 0.1) is 14.2 Å². The fourth-order valence-corrected chi connectivity index (χ4v) is 2.06. The quantitative estimate of drug-likeness (QED) is 0.826. The zero-order valence-electron chi connectivity index (χ0n) is 11.9. The summed E-state index contributed by atoms with van der Waals surface area (Å²) in [4.78, 5) is 0. The van der Waals surface area contributed by atoms with E-state index in [0.29, 0.717) is 29.7 Å². The van der Waals surface area contributed by atoms with Gasteiger partial charge in [-0.15, -0.1) is 11.6 Å². The molecule has 0 amide bonds. The van der Waals surface area contributed by atoms with E-state index in [1.165, 1.54) is 0 Å². The van der Waals surface area contributed by atoms with Gasteiger partial charge in [0.15, 0.2) is 11.5 Å². The molecule has 2 aromatic carbocycles. The molecular formula is C16H17ClO4. The molecule has 0 aliphatic carbocycles. The molecule has 0 saturated carbocycles. The number of ether oxygens (including phenoxy) is 3. The van der Waals surface area contributed by atoms with Crippen molar-refractivity contribution in [3.63, 3.8) is 0 Å². The Hall–Kier alpha value is -2.07. The summed E-state index contributed by atoms with van der Waals surface area (Å²) in [6, 6.07) is 10.5. The Balaban J connectivity index is 2.23. The molecule has 5 heteroatoms. The number of aromatic hydroxyl groups is 1. The summed E-state index contributed by atoms with van der Waals surface area (Å²) in [5, 5.41) is 9.27. The predicted octanol–water partition coefficient (Wildman–Crippen LogP) is 3.73. The van der Waals surface area contributed by atoms with Gasteiger partial charge >= 0.3 is 0 Å². The van der Waals surface area contributed by atoms with Crippen molar-refractivity contribution in [2.45, 2.75) is 12.5 Å². The maximum Gasteiger partial charge on any atom is 0.203 e. The van der Waals surface area contributed by atoms with Crippen molar-refractivity contribution in [1.82, 2.24) is 0 Å². The van der Waals surface area contributed by atoms with Crippen LogP contribution in [0.15, 0.2) is 36.4 Å². The first kappa shape index (κ1) is 15.3. The van der Waals surface area contributed by atoms with Crippen LogP contribution in [0.4, 0.5) is 0 Å². The van der Waals surface area contributed by atoms with Crippen LogP contribution in [0.3, 0.4) is 0 Å². The molecule has 2 rings (SSSR count). The van der Waals surface area contributed by atoms with Crippen LogP contribution in [0.1, 0.15) is 11.1 Å². The standard InChI is InChI=1S/C16H17ClO4/c1-19-14-7-12(9-17)8-15(20-2)16(14)21-10-11-3-5-13(18)6-4-11/h3-8,18H,9-10H2,1-2H3. The van der Waals surface area contributed by atoms with E-state index in [9.17, 15) is 5.11 Å². The van der Waals surface area contributed by atoms with Crippen LogP contribution in [0.5, 0.6) is 23.0 Å². The van der Waals surface area contributed by atoms with Gasteiger partial charge in [0.1, 0.15) is 12.4 Å². The molecule has 4 nitrogen and oxygen atoms in total. The van der Waals surface area contributed by atoms with E-state index in [1.54, 1.807) is 38.5 Å². The summed E-state index contributed by atoms with van der Waals surface area (Å²) >= 11 is 5.85. The lowest BCUT2D eigenvalue weighted by molar-refractivity contribution is 0.265. The molecule has 1 N–H and O–H groups in total. The highest BCUT2D eigenvalue weighted by molar-refractivity contribution is 6.17. The number of phenols is 1. The average molecular weight is 309 g/mol. The smallest absolute Gasteiger partial charge is 0.203 e. The Labute approximate surface area is 128 Å². The summed E-state index contributed by atoms with van der Waals surface area (Å²) in [5.74, 6) is 2.26. The lowest BCUT2D eigenvalue weighted by Crippen LogP contribution is -2.01. The molecule has 0 aliphatic rings. The van der Waals surface area contributed by atoms with Crippen molar-refractivity contribution >= 4 is 11.6 Å². The molecule has 0 aromatic heterocycles. The molecule has 0 bridgehead atoms. The fourth-order valence-electron chi connectivity index (χ4n) is 1.90. The third-order valence-electron chi connectivity index (χ3n) is 2.99. The van der Waals surface area contributed by atoms with Crippen molar-refractivity contribution < 1.29 is 19.3 Å². The highest BCUT2D eigenvalue weighted by Crippen LogP contribution is 2.39. The van der Waals surface area contributed by atoms with Gasteiger partial charge in [0.2, 0.25) is 5.75 Å². The van der Waals surface area contributed by atoms with E-state index < -0.39 is 0 Å². The summed E-state index contributed by atoms with van der Waals surface area (Å²) in [6.07, 6.45) is 0. The van der Waals surface area contributed by atoms with Gasteiger partial charge in [-0.05, 0) is 35.4 Å². The third-order valence-corrected chi connectivity index (χ3v) is 3.30. The second-order valence-electron chi connectivity index (χ2n) is 4.42. The maximum atomic E-state index is 9.27. The van der Waals surface area contributed by atoms with E-state index in [-0.39, 0.29) is 5.75 Å². The van der Waals surface area contributed by atoms with Crippen LogP contribution in [0.2, 0.25) is 0 Å². The molecule has 2 aromatic rings. The number of benzene rings is 2. The maximum absolute atomic E-state index is 9.27. The van der Waals surface area contributed by atoms with Crippen molar-refractivity contribution in [3.05, 3.63) is 47.5 Å². The average Bonchev–Trinajstić information content (AvgIpc) is 2.53. The first-order chi connectivity index (χ1) is 10.2. The van der Waals surface area contributed by atoms with E-state index in [2.05, 4.69) is 0 Å². The zero-order chi connectivity index (χ0) is 15.2. The molecule has 0 aliphatic heterocycles. The number of alkyl halides is 1. The molecule has 0 saturated heterocycles. The van der Waals surface area contributed by atoms with Gasteiger partial charge in [-0.25, -0.2) is 0 Å². The molecule has 0 fully saturated rings. The number of hydrogen-bond acceptors (Lipinski definition) is 4. The second kappa shape index (κ2) is 7.09. The van der Waals surface area contributed by atoms with Gasteiger partial charge in [-0.1, -0.05) is 12.1 Å². The minimum atomic E-state index is 0.223. The van der Waals surface area contributed by atoms with Crippen molar-refractivity contribution in [2.24, 2.45) is 0 Å². The Morgan fingerprint density at radius 2 is 1.52 bits per heavy atom. The minimum Gasteiger partial charge on any atom is -0.508 e. The number of phenolic OH excluding ortho intramolecular Hbond substituents is 1. The van der Waals surface area contributed by atoms with Crippen molar-refractivity contribution in [1.29, 1.82) is 0 Å². The van der Waals surface area contributed by atoms with Crippen LogP contribution >= 0.6 is 11.6 Å². The topological polar surface area (TPSA) is 47.9 Å². The van der Waals surface area contributed by atoms with Gasteiger partial charge in [-0.3, -0.25) is 0 Å². The summed E-state index contributed by atoms with van der Waals surface area (Å²) in [5.41, 5.74) is 1.82. The molecule has 0 spiro atoms. The summed E-state index contributed by atoms with van der Waals surface area (Å²) in [7, 11) is 3.14. The Morgan fingerprint density at radius 3 is 2.00 bits per heavy atom. The Morgan fingerprint density at radius 1 is 0.952 bits per heavy atom. The first-order valence-electron chi connectivity index (χ1n) is 6.39. The van der Waals surface area contributed by atoms with Gasteiger partial charge in [0.25, 0.3) is 0 Å². The van der Waals surface area contributed by atoms with E-state index in [1.807, 2.05) is 12.1 Å². The molecule has 0 radical (unpaired) electrons. The number of hydrogen-bond donors (Lipinski definition) is 1. The minimum absolute atomic E-state index is 0.223. The largest absolute Gasteiger partial charge is 0.508 e. The van der Waals surface area contributed by atoms with E-state index in [4.69, 9.17) is 25.8 Å². The lowest BCUT2D eigenvalue weighted by atomic mass is 10.2. The third kappa shape index (κ3) is 3.73. The molecular weight excluding hydrogens is 292 g/mol. The highest BCUT2D eigenvalue weighted by Gasteiger charge is 2.14. The Bertz CT molecular complexity index is 571. The fraction of sp³-hybridized carbons (Fsp3) is 0.250. The van der Waals surface area contributed by atoms with Gasteiger partial charge < -0.3 is 19.3 Å². The van der Waals surface area contributed by atoms with Gasteiger partial charge in [-0.2, -0.15) is 0 Å². The number of methoxy groups -OCH3 is 2. The molecule has 0 atom stereocenters. The van der Waals surface area contributed by atoms with E-state index >= 15 is 0 Å². The summed E-state index contributed by atoms with van der Waals surface area (Å²) < 4.78 is 16.5. The normalized spacial score (nSPS) is 10.2. The van der Waals surface area contributed by atoms with Crippen molar-refractivity contribution in [2.75, 3.05) is 14.2 Å². The van der Waals surface area contributed by atoms with Gasteiger partial charge in [0, 0.05) is 5.88 Å². The number of rotatable bonds is 6. The zero-order valence-corrected chi connectivity index (χ0v) is 12.7. The van der Waals surface area contributed by atoms with E-state index in [0.717, 1.165) is 11.1 Å². The monoisotopic (exact) mass is 308 g/mol. The van der Waals surface area contributed by atoms with Crippen molar-refractivity contribution in [3.8, 4) is 23.0 Å². The molecule has 21 heavy (non-hydrogen) atoms. The second-order valence-corrected chi connectivity index (χ2v) is 4.69. The molecule has 0 unspecified atom stereocenters. The SMILES string of the molecule is COc1cc(CCl)cc(OC)c1OCc1ccc(O)cc1. The van der Waals surface area contributed by atoms with Crippen LogP contribution in [0, 0.1) is 0 Å². The lowest BCUT2D eigenvalue weighted by Gasteiger charge is -2.15. The first-order valence-corrected chi connectivity index (χ1v) is 6.93. The van der Waals surface area contributed by atoms with Crippen LogP contribution < -0.4 is 14.2 Å². The number of halogens is 1. The van der Waals surface area contributed by atoms with Crippen LogP contribution in [-0.2, 0) is 12.5 Å². The van der Waals surface area contributed by atoms with Crippen LogP contribution in [-0.4, -0.2) is 19.3 Å².